The van der Waals surface area contributed by atoms with Crippen LogP contribution in [0.5, 0.6) is 0 Å². The normalized spacial score (nSPS) is 42.6. The summed E-state index contributed by atoms with van der Waals surface area (Å²) in [6.45, 7) is 6.17. The highest BCUT2D eigenvalue weighted by Gasteiger charge is 2.38. The number of likely N-dealkylation sites (tertiary alicyclic amines) is 1. The lowest BCUT2D eigenvalue weighted by Gasteiger charge is -2.33. The minimum atomic E-state index is -0.269. The number of nitrogens with two attached hydrogens (primary N) is 2. The zero-order valence-corrected chi connectivity index (χ0v) is 6.80. The predicted molar refractivity (Wildman–Crippen MR) is 42.4 cm³/mol. The first kappa shape index (κ1) is 7.98. The van der Waals surface area contributed by atoms with Crippen molar-refractivity contribution >= 4 is 0 Å². The van der Waals surface area contributed by atoms with Gasteiger partial charge in [-0.3, -0.25) is 4.90 Å². The summed E-state index contributed by atoms with van der Waals surface area (Å²) in [4.78, 5) is 2.22. The Labute approximate surface area is 62.4 Å². The van der Waals surface area contributed by atoms with Crippen LogP contribution < -0.4 is 11.5 Å². The van der Waals surface area contributed by atoms with E-state index in [0.29, 0.717) is 0 Å². The van der Waals surface area contributed by atoms with E-state index in [1.165, 1.54) is 0 Å². The number of hydrogen-bond donors (Lipinski definition) is 2. The number of rotatable bonds is 1. The summed E-state index contributed by atoms with van der Waals surface area (Å²) in [6.07, 6.45) is 1.03. The van der Waals surface area contributed by atoms with Gasteiger partial charge in [0.1, 0.15) is 0 Å². The molecule has 60 valence electrons. The van der Waals surface area contributed by atoms with E-state index >= 15 is 0 Å². The Morgan fingerprint density at radius 1 is 1.70 bits per heavy atom. The fourth-order valence-electron chi connectivity index (χ4n) is 1.56. The second kappa shape index (κ2) is 2.49. The number of nitrogens with zero attached hydrogens (tertiary/aromatic N) is 1. The third-order valence-corrected chi connectivity index (χ3v) is 2.52. The van der Waals surface area contributed by atoms with Crippen LogP contribution in [0.3, 0.4) is 0 Å². The van der Waals surface area contributed by atoms with E-state index in [1.54, 1.807) is 0 Å². The Hall–Kier alpha value is -0.120. The van der Waals surface area contributed by atoms with E-state index in [0.717, 1.165) is 19.5 Å². The first-order valence-corrected chi connectivity index (χ1v) is 3.88. The van der Waals surface area contributed by atoms with Gasteiger partial charge in [-0.25, -0.2) is 0 Å². The van der Waals surface area contributed by atoms with E-state index in [-0.39, 0.29) is 11.7 Å². The summed E-state index contributed by atoms with van der Waals surface area (Å²) in [5, 5.41) is 0. The summed E-state index contributed by atoms with van der Waals surface area (Å²) in [5.74, 6) is 0. The molecule has 0 aromatic heterocycles. The van der Waals surface area contributed by atoms with Gasteiger partial charge in [0.2, 0.25) is 0 Å². The van der Waals surface area contributed by atoms with Crippen LogP contribution in [-0.4, -0.2) is 29.7 Å². The summed E-state index contributed by atoms with van der Waals surface area (Å²) in [7, 11) is 0. The van der Waals surface area contributed by atoms with Crippen LogP contribution in [0, 0.1) is 0 Å². The van der Waals surface area contributed by atoms with Crippen LogP contribution in [0.2, 0.25) is 0 Å². The largest absolute Gasteiger partial charge is 0.325 e. The average molecular weight is 143 g/mol. The molecule has 4 N–H and O–H groups in total. The van der Waals surface area contributed by atoms with Crippen molar-refractivity contribution in [2.75, 3.05) is 13.1 Å². The molecule has 1 aliphatic rings. The third kappa shape index (κ3) is 1.05. The molecule has 0 amide bonds. The van der Waals surface area contributed by atoms with Crippen LogP contribution >= 0.6 is 0 Å². The van der Waals surface area contributed by atoms with Gasteiger partial charge >= 0.3 is 0 Å². The molecule has 0 saturated carbocycles. The highest BCUT2D eigenvalue weighted by atomic mass is 15.3. The quantitative estimate of drug-likeness (QED) is 0.530. The molecular formula is C7H17N3. The Kier molecular flexibility index (Phi) is 1.99. The Morgan fingerprint density at radius 3 is 2.50 bits per heavy atom. The van der Waals surface area contributed by atoms with Crippen molar-refractivity contribution in [3.63, 3.8) is 0 Å². The van der Waals surface area contributed by atoms with Crippen LogP contribution in [0.1, 0.15) is 20.3 Å². The fourth-order valence-corrected chi connectivity index (χ4v) is 1.56. The minimum absolute atomic E-state index is 0.146. The SMILES string of the molecule is CCN1CCC(N)C1(C)N. The van der Waals surface area contributed by atoms with Gasteiger partial charge in [-0.2, -0.15) is 0 Å². The number of likely N-dealkylation sites (N-methyl/N-ethyl adjacent to an activating group) is 1. The topological polar surface area (TPSA) is 55.3 Å². The zero-order valence-electron chi connectivity index (χ0n) is 6.80. The summed E-state index contributed by atoms with van der Waals surface area (Å²) < 4.78 is 0. The highest BCUT2D eigenvalue weighted by Crippen LogP contribution is 2.21. The van der Waals surface area contributed by atoms with Crippen molar-refractivity contribution in [1.82, 2.24) is 4.90 Å². The minimum Gasteiger partial charge on any atom is -0.325 e. The molecule has 3 heteroatoms. The maximum absolute atomic E-state index is 5.98. The molecule has 1 fully saturated rings. The molecule has 0 aromatic carbocycles. The summed E-state index contributed by atoms with van der Waals surface area (Å²) in [6, 6.07) is 0.146. The summed E-state index contributed by atoms with van der Waals surface area (Å²) in [5.41, 5.74) is 11.5. The van der Waals surface area contributed by atoms with E-state index in [1.807, 2.05) is 6.92 Å². The smallest absolute Gasteiger partial charge is 0.0814 e. The summed E-state index contributed by atoms with van der Waals surface area (Å²) >= 11 is 0. The van der Waals surface area contributed by atoms with E-state index < -0.39 is 0 Å². The molecule has 1 aliphatic heterocycles. The molecule has 0 spiro atoms. The first-order valence-electron chi connectivity index (χ1n) is 3.88. The molecule has 1 rings (SSSR count). The molecule has 2 unspecified atom stereocenters. The molecule has 3 nitrogen and oxygen atoms in total. The average Bonchev–Trinajstić information content (AvgIpc) is 2.10. The highest BCUT2D eigenvalue weighted by molar-refractivity contribution is 4.96. The lowest BCUT2D eigenvalue weighted by Crippen LogP contribution is -2.58. The Morgan fingerprint density at radius 2 is 2.30 bits per heavy atom. The van der Waals surface area contributed by atoms with Gasteiger partial charge < -0.3 is 11.5 Å². The number of hydrogen-bond acceptors (Lipinski definition) is 3. The first-order chi connectivity index (χ1) is 4.59. The third-order valence-electron chi connectivity index (χ3n) is 2.52. The van der Waals surface area contributed by atoms with E-state index in [4.69, 9.17) is 11.5 Å². The van der Waals surface area contributed by atoms with Gasteiger partial charge in [-0.1, -0.05) is 6.92 Å². The van der Waals surface area contributed by atoms with Crippen molar-refractivity contribution in [3.8, 4) is 0 Å². The standard InChI is InChI=1S/C7H17N3/c1-3-10-5-4-6(8)7(10,2)9/h6H,3-5,8-9H2,1-2H3. The van der Waals surface area contributed by atoms with Crippen LogP contribution in [-0.2, 0) is 0 Å². The lowest BCUT2D eigenvalue weighted by molar-refractivity contribution is 0.158. The monoisotopic (exact) mass is 143 g/mol. The van der Waals surface area contributed by atoms with E-state index in [2.05, 4.69) is 11.8 Å². The molecular weight excluding hydrogens is 126 g/mol. The van der Waals surface area contributed by atoms with Crippen molar-refractivity contribution in [2.24, 2.45) is 11.5 Å². The van der Waals surface area contributed by atoms with Crippen LogP contribution in [0.15, 0.2) is 0 Å². The Bertz CT molecular complexity index is 122. The van der Waals surface area contributed by atoms with Crippen molar-refractivity contribution < 1.29 is 0 Å². The van der Waals surface area contributed by atoms with Gasteiger partial charge in [-0.05, 0) is 19.9 Å². The molecule has 1 heterocycles. The predicted octanol–water partition coefficient (Wildman–Crippen LogP) is -0.286. The second-order valence-electron chi connectivity index (χ2n) is 3.20. The zero-order chi connectivity index (χ0) is 7.78. The fraction of sp³-hybridized carbons (Fsp3) is 1.00. The van der Waals surface area contributed by atoms with Crippen molar-refractivity contribution in [3.05, 3.63) is 0 Å². The van der Waals surface area contributed by atoms with Crippen molar-refractivity contribution in [1.29, 1.82) is 0 Å². The maximum Gasteiger partial charge on any atom is 0.0814 e. The molecule has 0 aromatic rings. The second-order valence-corrected chi connectivity index (χ2v) is 3.20. The molecule has 2 atom stereocenters. The van der Waals surface area contributed by atoms with Crippen molar-refractivity contribution in [2.45, 2.75) is 32.0 Å². The van der Waals surface area contributed by atoms with Gasteiger partial charge in [0.05, 0.1) is 5.66 Å². The lowest BCUT2D eigenvalue weighted by atomic mass is 10.1. The molecule has 10 heavy (non-hydrogen) atoms. The Balaban J connectivity index is 2.64. The molecule has 0 bridgehead atoms. The van der Waals surface area contributed by atoms with Crippen LogP contribution in [0.25, 0.3) is 0 Å². The molecule has 1 saturated heterocycles. The van der Waals surface area contributed by atoms with Gasteiger partial charge in [0.25, 0.3) is 0 Å². The van der Waals surface area contributed by atoms with Gasteiger partial charge in [0, 0.05) is 12.6 Å². The van der Waals surface area contributed by atoms with E-state index in [9.17, 15) is 0 Å². The molecule has 0 aliphatic carbocycles. The maximum atomic E-state index is 5.98. The van der Waals surface area contributed by atoms with Gasteiger partial charge in [0.15, 0.2) is 0 Å². The molecule has 0 radical (unpaired) electrons. The van der Waals surface area contributed by atoms with Gasteiger partial charge in [-0.15, -0.1) is 0 Å². The van der Waals surface area contributed by atoms with Crippen LogP contribution in [0.4, 0.5) is 0 Å².